The molecule has 9 heteroatoms. The number of nitrogens with zero attached hydrogens (tertiary/aromatic N) is 2. The molecule has 2 aromatic rings. The number of aryl methyl sites for hydroxylation is 1. The highest BCUT2D eigenvalue weighted by Gasteiger charge is 2.42. The summed E-state index contributed by atoms with van der Waals surface area (Å²) in [4.78, 5) is 39.3. The number of amides is 3. The fraction of sp³-hybridized carbons (Fsp3) is 0.348. The van der Waals surface area contributed by atoms with Crippen LogP contribution in [0.25, 0.3) is 0 Å². The Morgan fingerprint density at radius 2 is 1.84 bits per heavy atom. The number of anilines is 2. The standard InChI is InChI=1S/C23H24F3N3O3/c1-3-28(22(32)23(24,25)26)14-16-5-4-6-17(13-16)27-20(30)19-11-12-29(21(19)31)18-9-7-15(2)8-10-18/h4-10,13,19H,3,11-12,14H2,1-2H3,(H,27,30). The van der Waals surface area contributed by atoms with Crippen molar-refractivity contribution < 1.29 is 27.6 Å². The number of carbonyl (C=O) groups excluding carboxylic acids is 3. The first kappa shape index (κ1) is 23.3. The molecule has 170 valence electrons. The van der Waals surface area contributed by atoms with Crippen molar-refractivity contribution in [3.63, 3.8) is 0 Å². The lowest BCUT2D eigenvalue weighted by atomic mass is 10.1. The summed E-state index contributed by atoms with van der Waals surface area (Å²) in [6.07, 6.45) is -4.59. The summed E-state index contributed by atoms with van der Waals surface area (Å²) in [5.74, 6) is -3.53. The largest absolute Gasteiger partial charge is 0.471 e. The van der Waals surface area contributed by atoms with Crippen LogP contribution in [0.1, 0.15) is 24.5 Å². The van der Waals surface area contributed by atoms with E-state index >= 15 is 0 Å². The zero-order valence-electron chi connectivity index (χ0n) is 17.8. The van der Waals surface area contributed by atoms with Gasteiger partial charge in [-0.15, -0.1) is 0 Å². The third-order valence-electron chi connectivity index (χ3n) is 5.35. The van der Waals surface area contributed by atoms with Crippen molar-refractivity contribution in [3.8, 4) is 0 Å². The summed E-state index contributed by atoms with van der Waals surface area (Å²) in [7, 11) is 0. The summed E-state index contributed by atoms with van der Waals surface area (Å²) in [5.41, 5.74) is 2.57. The first-order valence-electron chi connectivity index (χ1n) is 10.2. The molecule has 0 saturated carbocycles. The van der Waals surface area contributed by atoms with Crippen molar-refractivity contribution in [2.45, 2.75) is 33.0 Å². The number of hydrogen-bond donors (Lipinski definition) is 1. The molecule has 0 bridgehead atoms. The summed E-state index contributed by atoms with van der Waals surface area (Å²) < 4.78 is 38.2. The van der Waals surface area contributed by atoms with Crippen LogP contribution >= 0.6 is 0 Å². The third-order valence-corrected chi connectivity index (χ3v) is 5.35. The Kier molecular flexibility index (Phi) is 6.86. The van der Waals surface area contributed by atoms with E-state index in [1.807, 2.05) is 31.2 Å². The van der Waals surface area contributed by atoms with Gasteiger partial charge in [0.15, 0.2) is 0 Å². The second-order valence-corrected chi connectivity index (χ2v) is 7.67. The first-order chi connectivity index (χ1) is 15.1. The topological polar surface area (TPSA) is 69.7 Å². The average Bonchev–Trinajstić information content (AvgIpc) is 3.13. The average molecular weight is 447 g/mol. The normalized spacial score (nSPS) is 16.2. The van der Waals surface area contributed by atoms with Gasteiger partial charge in [-0.3, -0.25) is 14.4 Å². The minimum Gasteiger partial charge on any atom is -0.331 e. The van der Waals surface area contributed by atoms with Gasteiger partial charge in [0.05, 0.1) is 0 Å². The predicted molar refractivity (Wildman–Crippen MR) is 114 cm³/mol. The molecule has 6 nitrogen and oxygen atoms in total. The molecule has 3 rings (SSSR count). The Morgan fingerprint density at radius 1 is 1.16 bits per heavy atom. The Morgan fingerprint density at radius 3 is 2.47 bits per heavy atom. The molecule has 0 aliphatic carbocycles. The maximum Gasteiger partial charge on any atom is 0.471 e. The Bertz CT molecular complexity index is 1010. The molecular weight excluding hydrogens is 423 g/mol. The summed E-state index contributed by atoms with van der Waals surface area (Å²) >= 11 is 0. The highest BCUT2D eigenvalue weighted by Crippen LogP contribution is 2.27. The second kappa shape index (κ2) is 9.42. The van der Waals surface area contributed by atoms with E-state index in [4.69, 9.17) is 0 Å². The van der Waals surface area contributed by atoms with Crippen LogP contribution in [0.2, 0.25) is 0 Å². The zero-order chi connectivity index (χ0) is 23.5. The van der Waals surface area contributed by atoms with E-state index < -0.39 is 23.9 Å². The minimum absolute atomic E-state index is 0.111. The van der Waals surface area contributed by atoms with Gasteiger partial charge in [0.2, 0.25) is 11.8 Å². The molecular formula is C23H24F3N3O3. The van der Waals surface area contributed by atoms with Crippen LogP contribution in [0.3, 0.4) is 0 Å². The number of nitrogens with one attached hydrogen (secondary N) is 1. The number of halogens is 3. The van der Waals surface area contributed by atoms with Gasteiger partial charge in [0.25, 0.3) is 0 Å². The lowest BCUT2D eigenvalue weighted by Crippen LogP contribution is -2.40. The SMILES string of the molecule is CCN(Cc1cccc(NC(=O)C2CCN(c3ccc(C)cc3)C2=O)c1)C(=O)C(F)(F)F. The fourth-order valence-corrected chi connectivity index (χ4v) is 3.61. The van der Waals surface area contributed by atoms with Crippen LogP contribution in [-0.4, -0.2) is 41.9 Å². The molecule has 3 amide bonds. The molecule has 1 heterocycles. The van der Waals surface area contributed by atoms with Gasteiger partial charge in [-0.25, -0.2) is 0 Å². The van der Waals surface area contributed by atoms with E-state index in [9.17, 15) is 27.6 Å². The second-order valence-electron chi connectivity index (χ2n) is 7.67. The van der Waals surface area contributed by atoms with Gasteiger partial charge in [-0.05, 0) is 50.1 Å². The summed E-state index contributed by atoms with van der Waals surface area (Å²) in [6.45, 7) is 3.47. The van der Waals surface area contributed by atoms with Crippen LogP contribution in [0.4, 0.5) is 24.5 Å². The fourth-order valence-electron chi connectivity index (χ4n) is 3.61. The molecule has 2 aromatic carbocycles. The molecule has 0 radical (unpaired) electrons. The zero-order valence-corrected chi connectivity index (χ0v) is 17.8. The molecule has 1 N–H and O–H groups in total. The van der Waals surface area contributed by atoms with E-state index in [2.05, 4.69) is 5.32 Å². The number of benzene rings is 2. The van der Waals surface area contributed by atoms with Crippen LogP contribution in [0.15, 0.2) is 48.5 Å². The van der Waals surface area contributed by atoms with Gasteiger partial charge in [-0.2, -0.15) is 13.2 Å². The van der Waals surface area contributed by atoms with Gasteiger partial charge in [0.1, 0.15) is 5.92 Å². The molecule has 1 atom stereocenters. The smallest absolute Gasteiger partial charge is 0.331 e. The van der Waals surface area contributed by atoms with Crippen LogP contribution in [0, 0.1) is 12.8 Å². The van der Waals surface area contributed by atoms with Gasteiger partial charge in [0, 0.05) is 31.0 Å². The molecule has 1 saturated heterocycles. The van der Waals surface area contributed by atoms with Gasteiger partial charge < -0.3 is 15.1 Å². The Balaban J connectivity index is 1.66. The minimum atomic E-state index is -4.95. The first-order valence-corrected chi connectivity index (χ1v) is 10.2. The molecule has 1 unspecified atom stereocenters. The van der Waals surface area contributed by atoms with Gasteiger partial charge in [-0.1, -0.05) is 29.8 Å². The monoisotopic (exact) mass is 447 g/mol. The number of alkyl halides is 3. The number of carbonyl (C=O) groups is 3. The van der Waals surface area contributed by atoms with E-state index in [-0.39, 0.29) is 19.0 Å². The molecule has 1 fully saturated rings. The molecule has 32 heavy (non-hydrogen) atoms. The van der Waals surface area contributed by atoms with Crippen molar-refractivity contribution in [1.29, 1.82) is 0 Å². The third kappa shape index (κ3) is 5.27. The van der Waals surface area contributed by atoms with Crippen molar-refractivity contribution >= 4 is 29.1 Å². The molecule has 0 aromatic heterocycles. The highest BCUT2D eigenvalue weighted by molar-refractivity contribution is 6.13. The molecule has 0 spiro atoms. The predicted octanol–water partition coefficient (Wildman–Crippen LogP) is 3.90. The van der Waals surface area contributed by atoms with Crippen LogP contribution in [-0.2, 0) is 20.9 Å². The quantitative estimate of drug-likeness (QED) is 0.683. The van der Waals surface area contributed by atoms with Crippen LogP contribution in [0.5, 0.6) is 0 Å². The van der Waals surface area contributed by atoms with Gasteiger partial charge >= 0.3 is 12.1 Å². The van der Waals surface area contributed by atoms with Crippen LogP contribution < -0.4 is 10.2 Å². The Hall–Kier alpha value is -3.36. The molecule has 1 aliphatic rings. The molecule has 1 aliphatic heterocycles. The highest BCUT2D eigenvalue weighted by atomic mass is 19.4. The van der Waals surface area contributed by atoms with Crippen molar-refractivity contribution in [1.82, 2.24) is 4.90 Å². The summed E-state index contributed by atoms with van der Waals surface area (Å²) in [6, 6.07) is 13.7. The van der Waals surface area contributed by atoms with Crippen molar-refractivity contribution in [2.75, 3.05) is 23.3 Å². The van der Waals surface area contributed by atoms with E-state index in [1.54, 1.807) is 23.1 Å². The lowest BCUT2D eigenvalue weighted by molar-refractivity contribution is -0.185. The van der Waals surface area contributed by atoms with E-state index in [0.717, 1.165) is 11.3 Å². The number of rotatable bonds is 6. The van der Waals surface area contributed by atoms with E-state index in [1.165, 1.54) is 13.0 Å². The van der Waals surface area contributed by atoms with Crippen molar-refractivity contribution in [3.05, 3.63) is 59.7 Å². The maximum atomic E-state index is 12.8. The summed E-state index contributed by atoms with van der Waals surface area (Å²) in [5, 5.41) is 2.67. The number of hydrogen-bond acceptors (Lipinski definition) is 3. The maximum absolute atomic E-state index is 12.8. The van der Waals surface area contributed by atoms with Crippen molar-refractivity contribution in [2.24, 2.45) is 5.92 Å². The van der Waals surface area contributed by atoms with E-state index in [0.29, 0.717) is 29.1 Å². The lowest BCUT2D eigenvalue weighted by Gasteiger charge is -2.22. The Labute approximate surface area is 184 Å².